The van der Waals surface area contributed by atoms with Crippen molar-refractivity contribution in [2.24, 2.45) is 0 Å². The van der Waals surface area contributed by atoms with Crippen molar-refractivity contribution in [3.8, 4) is 11.5 Å². The fourth-order valence-electron chi connectivity index (χ4n) is 1.86. The van der Waals surface area contributed by atoms with Crippen molar-refractivity contribution < 1.29 is 13.6 Å². The first-order valence-electron chi connectivity index (χ1n) is 6.59. The predicted molar refractivity (Wildman–Crippen MR) is 78.8 cm³/mol. The normalized spacial score (nSPS) is 10.5. The van der Waals surface area contributed by atoms with Crippen LogP contribution in [0.1, 0.15) is 15.9 Å². The Labute approximate surface area is 125 Å². The zero-order valence-electron chi connectivity index (χ0n) is 11.7. The number of carbonyl (C=O) groups is 1. The number of anilines is 1. The van der Waals surface area contributed by atoms with Gasteiger partial charge in [-0.05, 0) is 43.3 Å². The Morgan fingerprint density at radius 1 is 1.05 bits per heavy atom. The number of hydrogen-bond donors (Lipinski definition) is 1. The van der Waals surface area contributed by atoms with Gasteiger partial charge >= 0.3 is 6.01 Å². The van der Waals surface area contributed by atoms with Crippen LogP contribution in [0.25, 0.3) is 11.5 Å². The number of halogens is 1. The second kappa shape index (κ2) is 5.77. The molecule has 110 valence electrons. The molecule has 0 aliphatic carbocycles. The Bertz CT molecular complexity index is 795. The summed E-state index contributed by atoms with van der Waals surface area (Å²) >= 11 is 0. The number of benzene rings is 2. The Morgan fingerprint density at radius 3 is 2.41 bits per heavy atom. The van der Waals surface area contributed by atoms with Crippen LogP contribution in [-0.4, -0.2) is 16.1 Å². The Kier molecular flexibility index (Phi) is 3.65. The second-order valence-electron chi connectivity index (χ2n) is 4.74. The molecule has 22 heavy (non-hydrogen) atoms. The third-order valence-electron chi connectivity index (χ3n) is 3.05. The zero-order valence-corrected chi connectivity index (χ0v) is 11.7. The van der Waals surface area contributed by atoms with Crippen LogP contribution < -0.4 is 5.32 Å². The molecule has 1 amide bonds. The highest BCUT2D eigenvalue weighted by Crippen LogP contribution is 2.20. The zero-order chi connectivity index (χ0) is 15.5. The molecule has 0 saturated carbocycles. The van der Waals surface area contributed by atoms with E-state index in [-0.39, 0.29) is 6.01 Å². The quantitative estimate of drug-likeness (QED) is 0.804. The fraction of sp³-hybridized carbons (Fsp3) is 0.0625. The summed E-state index contributed by atoms with van der Waals surface area (Å²) in [6.45, 7) is 1.98. The highest BCUT2D eigenvalue weighted by molar-refractivity contribution is 6.03. The second-order valence-corrected chi connectivity index (χ2v) is 4.74. The lowest BCUT2D eigenvalue weighted by Gasteiger charge is -2.00. The van der Waals surface area contributed by atoms with Gasteiger partial charge in [0.15, 0.2) is 0 Å². The van der Waals surface area contributed by atoms with E-state index in [4.69, 9.17) is 4.42 Å². The van der Waals surface area contributed by atoms with Crippen LogP contribution in [0, 0.1) is 12.7 Å². The average Bonchev–Trinajstić information content (AvgIpc) is 2.97. The van der Waals surface area contributed by atoms with E-state index in [1.807, 2.05) is 31.2 Å². The summed E-state index contributed by atoms with van der Waals surface area (Å²) in [7, 11) is 0. The standard InChI is InChI=1S/C16H12FN3O2/c1-10-2-4-12(5-3-10)15-19-20-16(22-15)18-14(21)11-6-8-13(17)9-7-11/h2-9H,1H3,(H,18,20,21). The number of amides is 1. The maximum absolute atomic E-state index is 12.8. The van der Waals surface area contributed by atoms with Crippen LogP contribution >= 0.6 is 0 Å². The first-order valence-corrected chi connectivity index (χ1v) is 6.59. The molecule has 1 aromatic heterocycles. The number of aryl methyl sites for hydroxylation is 1. The summed E-state index contributed by atoms with van der Waals surface area (Å²) in [6, 6.07) is 12.7. The van der Waals surface area contributed by atoms with E-state index in [9.17, 15) is 9.18 Å². The van der Waals surface area contributed by atoms with Crippen LogP contribution in [0.3, 0.4) is 0 Å². The summed E-state index contributed by atoms with van der Waals surface area (Å²) in [5.74, 6) is -0.537. The topological polar surface area (TPSA) is 68.0 Å². The molecule has 3 rings (SSSR count). The highest BCUT2D eigenvalue weighted by atomic mass is 19.1. The summed E-state index contributed by atoms with van der Waals surface area (Å²) in [5, 5.41) is 10.1. The van der Waals surface area contributed by atoms with Gasteiger partial charge in [-0.15, -0.1) is 5.10 Å². The van der Waals surface area contributed by atoms with E-state index in [1.54, 1.807) is 0 Å². The smallest absolute Gasteiger partial charge is 0.322 e. The van der Waals surface area contributed by atoms with Crippen LogP contribution in [0.2, 0.25) is 0 Å². The van der Waals surface area contributed by atoms with Crippen molar-refractivity contribution in [2.75, 3.05) is 5.32 Å². The summed E-state index contributed by atoms with van der Waals surface area (Å²) in [6.07, 6.45) is 0. The predicted octanol–water partition coefficient (Wildman–Crippen LogP) is 3.44. The van der Waals surface area contributed by atoms with Crippen molar-refractivity contribution in [1.82, 2.24) is 10.2 Å². The van der Waals surface area contributed by atoms with Crippen LogP contribution in [0.5, 0.6) is 0 Å². The summed E-state index contributed by atoms with van der Waals surface area (Å²) < 4.78 is 18.2. The Balaban J connectivity index is 1.75. The van der Waals surface area contributed by atoms with E-state index in [1.165, 1.54) is 24.3 Å². The largest absolute Gasteiger partial charge is 0.403 e. The van der Waals surface area contributed by atoms with Crippen LogP contribution in [0.15, 0.2) is 52.9 Å². The van der Waals surface area contributed by atoms with E-state index >= 15 is 0 Å². The van der Waals surface area contributed by atoms with Gasteiger partial charge in [-0.3, -0.25) is 10.1 Å². The molecular weight excluding hydrogens is 285 g/mol. The van der Waals surface area contributed by atoms with Crippen LogP contribution in [-0.2, 0) is 0 Å². The molecule has 1 heterocycles. The summed E-state index contributed by atoms with van der Waals surface area (Å²) in [4.78, 5) is 12.0. The first kappa shape index (κ1) is 13.9. The third-order valence-corrected chi connectivity index (χ3v) is 3.05. The molecule has 0 spiro atoms. The molecule has 0 unspecified atom stereocenters. The minimum Gasteiger partial charge on any atom is -0.403 e. The van der Waals surface area contributed by atoms with Gasteiger partial charge in [-0.2, -0.15) is 0 Å². The molecule has 0 bridgehead atoms. The molecule has 6 heteroatoms. The van der Waals surface area contributed by atoms with E-state index in [2.05, 4.69) is 15.5 Å². The number of nitrogens with one attached hydrogen (secondary N) is 1. The molecule has 2 aromatic carbocycles. The minimum atomic E-state index is -0.445. The fourth-order valence-corrected chi connectivity index (χ4v) is 1.86. The molecule has 5 nitrogen and oxygen atoms in total. The molecule has 0 aliphatic heterocycles. The van der Waals surface area contributed by atoms with Gasteiger partial charge in [0.2, 0.25) is 5.89 Å². The third kappa shape index (κ3) is 3.01. The lowest BCUT2D eigenvalue weighted by Crippen LogP contribution is -2.12. The molecule has 0 aliphatic rings. The van der Waals surface area contributed by atoms with E-state index in [0.29, 0.717) is 11.5 Å². The van der Waals surface area contributed by atoms with Gasteiger partial charge in [-0.25, -0.2) is 4.39 Å². The van der Waals surface area contributed by atoms with Gasteiger partial charge < -0.3 is 4.42 Å². The van der Waals surface area contributed by atoms with Gasteiger partial charge in [0, 0.05) is 11.1 Å². The van der Waals surface area contributed by atoms with Gasteiger partial charge in [0.05, 0.1) is 0 Å². The number of carbonyl (C=O) groups excluding carboxylic acids is 1. The number of aromatic nitrogens is 2. The summed E-state index contributed by atoms with van der Waals surface area (Å²) in [5.41, 5.74) is 2.19. The molecule has 0 radical (unpaired) electrons. The maximum atomic E-state index is 12.8. The lowest BCUT2D eigenvalue weighted by molar-refractivity contribution is 0.102. The van der Waals surface area contributed by atoms with Crippen molar-refractivity contribution in [1.29, 1.82) is 0 Å². The van der Waals surface area contributed by atoms with Gasteiger partial charge in [0.1, 0.15) is 5.82 Å². The number of nitrogens with zero attached hydrogens (tertiary/aromatic N) is 2. The van der Waals surface area contributed by atoms with Gasteiger partial charge in [-0.1, -0.05) is 22.8 Å². The molecule has 0 saturated heterocycles. The highest BCUT2D eigenvalue weighted by Gasteiger charge is 2.12. The Morgan fingerprint density at radius 2 is 1.73 bits per heavy atom. The number of rotatable bonds is 3. The first-order chi connectivity index (χ1) is 10.6. The van der Waals surface area contributed by atoms with Crippen molar-refractivity contribution >= 4 is 11.9 Å². The molecule has 1 N–H and O–H groups in total. The average molecular weight is 297 g/mol. The monoisotopic (exact) mass is 297 g/mol. The van der Waals surface area contributed by atoms with Crippen molar-refractivity contribution in [3.05, 3.63) is 65.5 Å². The SMILES string of the molecule is Cc1ccc(-c2nnc(NC(=O)c3ccc(F)cc3)o2)cc1. The molecule has 3 aromatic rings. The maximum Gasteiger partial charge on any atom is 0.322 e. The molecular formula is C16H12FN3O2. The van der Waals surface area contributed by atoms with Crippen molar-refractivity contribution in [2.45, 2.75) is 6.92 Å². The van der Waals surface area contributed by atoms with E-state index in [0.717, 1.165) is 11.1 Å². The van der Waals surface area contributed by atoms with E-state index < -0.39 is 11.7 Å². The lowest BCUT2D eigenvalue weighted by atomic mass is 10.1. The number of hydrogen-bond acceptors (Lipinski definition) is 4. The molecule has 0 atom stereocenters. The van der Waals surface area contributed by atoms with Gasteiger partial charge in [0.25, 0.3) is 5.91 Å². The minimum absolute atomic E-state index is 0.00935. The van der Waals surface area contributed by atoms with Crippen LogP contribution in [0.4, 0.5) is 10.4 Å². The molecule has 0 fully saturated rings. The Hall–Kier alpha value is -3.02. The van der Waals surface area contributed by atoms with Crippen molar-refractivity contribution in [3.63, 3.8) is 0 Å².